The van der Waals surface area contributed by atoms with Crippen LogP contribution in [0.5, 0.6) is 0 Å². The van der Waals surface area contributed by atoms with Crippen molar-refractivity contribution in [3.05, 3.63) is 11.8 Å². The van der Waals surface area contributed by atoms with Gasteiger partial charge in [0, 0.05) is 14.2 Å². The average Bonchev–Trinajstić information content (AvgIpc) is 2.61. The molecule has 148 valence electrons. The highest BCUT2D eigenvalue weighted by atomic mass is 16.5. The number of nitrogens with zero attached hydrogens (tertiary/aromatic N) is 1. The number of allylic oxidation sites excluding steroid dienone is 2. The lowest BCUT2D eigenvalue weighted by Crippen LogP contribution is -2.57. The van der Waals surface area contributed by atoms with Crippen LogP contribution >= 0.6 is 0 Å². The number of amides is 4. The Hall–Kier alpha value is -2.42. The van der Waals surface area contributed by atoms with E-state index < -0.39 is 36.2 Å². The van der Waals surface area contributed by atoms with Crippen molar-refractivity contribution in [2.45, 2.75) is 52.9 Å². The van der Waals surface area contributed by atoms with Crippen molar-refractivity contribution in [2.24, 2.45) is 5.92 Å². The molecule has 0 saturated carbocycles. The zero-order valence-corrected chi connectivity index (χ0v) is 16.5. The molecule has 4 amide bonds. The van der Waals surface area contributed by atoms with Gasteiger partial charge in [0.2, 0.25) is 11.8 Å². The van der Waals surface area contributed by atoms with E-state index in [1.54, 1.807) is 34.7 Å². The number of urea groups is 1. The Bertz CT molecular complexity index is 547. The molecule has 0 saturated heterocycles. The molecule has 0 aliphatic heterocycles. The van der Waals surface area contributed by atoms with Crippen molar-refractivity contribution in [1.82, 2.24) is 20.9 Å². The van der Waals surface area contributed by atoms with Gasteiger partial charge in [0.05, 0.1) is 5.70 Å². The van der Waals surface area contributed by atoms with Crippen LogP contribution in [0.15, 0.2) is 11.8 Å². The van der Waals surface area contributed by atoms with E-state index >= 15 is 0 Å². The Labute approximate surface area is 154 Å². The summed E-state index contributed by atoms with van der Waals surface area (Å²) in [7, 11) is 3.02. The second-order valence-electron chi connectivity index (χ2n) is 6.20. The van der Waals surface area contributed by atoms with Crippen molar-refractivity contribution in [3.8, 4) is 0 Å². The largest absolute Gasteiger partial charge is 0.362 e. The number of ether oxygens (including phenoxy) is 1. The fourth-order valence-electron chi connectivity index (χ4n) is 1.88. The summed E-state index contributed by atoms with van der Waals surface area (Å²) >= 11 is 0. The van der Waals surface area contributed by atoms with Crippen LogP contribution in [0.1, 0.15) is 34.6 Å². The number of rotatable bonds is 9. The minimum atomic E-state index is -0.883. The van der Waals surface area contributed by atoms with Crippen LogP contribution < -0.4 is 16.0 Å². The van der Waals surface area contributed by atoms with Crippen LogP contribution in [0.3, 0.4) is 0 Å². The summed E-state index contributed by atoms with van der Waals surface area (Å²) in [5, 5.41) is 7.58. The van der Waals surface area contributed by atoms with Gasteiger partial charge >= 0.3 is 6.03 Å². The molecule has 1 unspecified atom stereocenters. The van der Waals surface area contributed by atoms with E-state index in [1.165, 1.54) is 25.0 Å². The highest BCUT2D eigenvalue weighted by Gasteiger charge is 2.28. The normalized spacial score (nSPS) is 14.8. The lowest BCUT2D eigenvalue weighted by molar-refractivity contribution is -0.130. The van der Waals surface area contributed by atoms with Gasteiger partial charge in [0.25, 0.3) is 0 Å². The third kappa shape index (κ3) is 7.22. The summed E-state index contributed by atoms with van der Waals surface area (Å²) in [6, 6.07) is -2.19. The first kappa shape index (κ1) is 23.6. The Morgan fingerprint density at radius 1 is 1.04 bits per heavy atom. The molecule has 0 aromatic heterocycles. The Kier molecular flexibility index (Phi) is 10.2. The van der Waals surface area contributed by atoms with E-state index in [2.05, 4.69) is 16.0 Å². The topological polar surface area (TPSA) is 117 Å². The number of carbonyl (C=O) groups is 4. The molecule has 3 atom stereocenters. The number of hydrogen-bond donors (Lipinski definition) is 3. The standard InChI is InChI=1S/C17H30N4O5/c1-8-13(9-22)19-15(23)11(4)18-16(24)14(10(2)3)20-17(25)21(6)12(5)26-7/h8-12,14H,1-7H3,(H,18,24)(H,19,23)(H,20,25)/b13-8-/t11-,12?,14-/m0/s1. The lowest BCUT2D eigenvalue weighted by Gasteiger charge is -2.28. The SMILES string of the molecule is C/C=C(/C=O)NC(=O)[C@H](C)NC(=O)[C@@H](NC(=O)N(C)C(C)OC)C(C)C. The predicted octanol–water partition coefficient (Wildman–Crippen LogP) is 0.368. The molecule has 3 N–H and O–H groups in total. The van der Waals surface area contributed by atoms with E-state index in [9.17, 15) is 19.2 Å². The van der Waals surface area contributed by atoms with Gasteiger partial charge in [-0.2, -0.15) is 0 Å². The average molecular weight is 370 g/mol. The number of methoxy groups -OCH3 is 1. The minimum Gasteiger partial charge on any atom is -0.362 e. The molecule has 0 radical (unpaired) electrons. The summed E-state index contributed by atoms with van der Waals surface area (Å²) in [5.41, 5.74) is 0.111. The Balaban J connectivity index is 4.95. The van der Waals surface area contributed by atoms with Crippen molar-refractivity contribution in [1.29, 1.82) is 0 Å². The zero-order chi connectivity index (χ0) is 20.4. The quantitative estimate of drug-likeness (QED) is 0.308. The zero-order valence-electron chi connectivity index (χ0n) is 16.5. The summed E-state index contributed by atoms with van der Waals surface area (Å²) in [6.45, 7) is 8.35. The van der Waals surface area contributed by atoms with Gasteiger partial charge in [0.1, 0.15) is 18.3 Å². The summed E-state index contributed by atoms with van der Waals surface area (Å²) in [6.07, 6.45) is 1.50. The third-order valence-corrected chi connectivity index (χ3v) is 3.89. The monoisotopic (exact) mass is 370 g/mol. The molecule has 0 bridgehead atoms. The van der Waals surface area contributed by atoms with E-state index in [1.807, 2.05) is 0 Å². The molecule has 9 heteroatoms. The van der Waals surface area contributed by atoms with Crippen LogP contribution in [0, 0.1) is 5.92 Å². The minimum absolute atomic E-state index is 0.111. The van der Waals surface area contributed by atoms with Crippen LogP contribution in [0.25, 0.3) is 0 Å². The number of aldehydes is 1. The molecule has 0 aliphatic carbocycles. The van der Waals surface area contributed by atoms with Crippen LogP contribution in [0.4, 0.5) is 4.79 Å². The summed E-state index contributed by atoms with van der Waals surface area (Å²) in [4.78, 5) is 48.8. The van der Waals surface area contributed by atoms with Crippen molar-refractivity contribution >= 4 is 24.1 Å². The number of hydrogen-bond acceptors (Lipinski definition) is 5. The molecule has 0 rings (SSSR count). The first-order valence-corrected chi connectivity index (χ1v) is 8.37. The molecule has 0 aromatic rings. The lowest BCUT2D eigenvalue weighted by atomic mass is 10.0. The van der Waals surface area contributed by atoms with Gasteiger partial charge in [-0.25, -0.2) is 4.79 Å². The molecule has 0 fully saturated rings. The van der Waals surface area contributed by atoms with Gasteiger partial charge in [-0.05, 0) is 26.7 Å². The van der Waals surface area contributed by atoms with Crippen LogP contribution in [-0.2, 0) is 19.1 Å². The first-order valence-electron chi connectivity index (χ1n) is 8.37. The van der Waals surface area contributed by atoms with Gasteiger partial charge in [0.15, 0.2) is 6.29 Å². The van der Waals surface area contributed by atoms with Crippen LogP contribution in [-0.4, -0.2) is 61.5 Å². The number of nitrogens with one attached hydrogen (secondary N) is 3. The smallest absolute Gasteiger partial charge is 0.319 e. The molecular weight excluding hydrogens is 340 g/mol. The maximum Gasteiger partial charge on any atom is 0.319 e. The second-order valence-corrected chi connectivity index (χ2v) is 6.20. The molecule has 26 heavy (non-hydrogen) atoms. The molecule has 9 nitrogen and oxygen atoms in total. The van der Waals surface area contributed by atoms with Crippen LogP contribution in [0.2, 0.25) is 0 Å². The highest BCUT2D eigenvalue weighted by Crippen LogP contribution is 2.05. The highest BCUT2D eigenvalue weighted by molar-refractivity contribution is 5.94. The predicted molar refractivity (Wildman–Crippen MR) is 97.0 cm³/mol. The maximum absolute atomic E-state index is 12.5. The van der Waals surface area contributed by atoms with Crippen molar-refractivity contribution in [2.75, 3.05) is 14.2 Å². The number of carbonyl (C=O) groups excluding carboxylic acids is 4. The van der Waals surface area contributed by atoms with Crippen molar-refractivity contribution in [3.63, 3.8) is 0 Å². The fraction of sp³-hybridized carbons (Fsp3) is 0.647. The Morgan fingerprint density at radius 2 is 1.62 bits per heavy atom. The Morgan fingerprint density at radius 3 is 2.04 bits per heavy atom. The molecule has 0 aliphatic rings. The molecule has 0 aromatic carbocycles. The van der Waals surface area contributed by atoms with Crippen molar-refractivity contribution < 1.29 is 23.9 Å². The van der Waals surface area contributed by atoms with Gasteiger partial charge in [-0.15, -0.1) is 0 Å². The maximum atomic E-state index is 12.5. The second kappa shape index (κ2) is 11.2. The first-order chi connectivity index (χ1) is 12.1. The molecule has 0 heterocycles. The van der Waals surface area contributed by atoms with E-state index in [0.717, 1.165) is 0 Å². The van der Waals surface area contributed by atoms with Gasteiger partial charge in [-0.1, -0.05) is 19.9 Å². The van der Waals surface area contributed by atoms with Gasteiger partial charge in [-0.3, -0.25) is 14.4 Å². The van der Waals surface area contributed by atoms with E-state index in [4.69, 9.17) is 4.74 Å². The summed E-state index contributed by atoms with van der Waals surface area (Å²) in [5.74, 6) is -1.23. The van der Waals surface area contributed by atoms with E-state index in [-0.39, 0.29) is 11.6 Å². The molecular formula is C17H30N4O5. The molecule has 0 spiro atoms. The third-order valence-electron chi connectivity index (χ3n) is 3.89. The summed E-state index contributed by atoms with van der Waals surface area (Å²) < 4.78 is 5.07. The fourth-order valence-corrected chi connectivity index (χ4v) is 1.88. The van der Waals surface area contributed by atoms with E-state index in [0.29, 0.717) is 6.29 Å². The van der Waals surface area contributed by atoms with Gasteiger partial charge < -0.3 is 25.6 Å².